The molecule has 0 saturated heterocycles. The molecule has 1 atom stereocenters. The third-order valence-corrected chi connectivity index (χ3v) is 2.06. The molecule has 4 heteroatoms. The maximum atomic E-state index is 10.9. The van der Waals surface area contributed by atoms with Gasteiger partial charge in [0.2, 0.25) is 0 Å². The van der Waals surface area contributed by atoms with E-state index in [0.717, 1.165) is 5.56 Å². The molecule has 0 bridgehead atoms. The van der Waals surface area contributed by atoms with Crippen molar-refractivity contribution in [2.24, 2.45) is 5.73 Å². The highest BCUT2D eigenvalue weighted by Gasteiger charge is 2.33. The highest BCUT2D eigenvalue weighted by molar-refractivity contribution is 5.83. The third-order valence-electron chi connectivity index (χ3n) is 2.06. The second-order valence-corrected chi connectivity index (χ2v) is 3.22. The molecule has 76 valence electrons. The summed E-state index contributed by atoms with van der Waals surface area (Å²) in [6.45, 7) is -0.669. The maximum Gasteiger partial charge on any atom is 0.252 e. The molecule has 1 rings (SSSR count). The lowest BCUT2D eigenvalue weighted by Gasteiger charge is -2.21. The topological polar surface area (TPSA) is 83.6 Å². The van der Waals surface area contributed by atoms with E-state index in [1.54, 1.807) is 24.3 Å². The minimum Gasteiger partial charge on any atom is -0.393 e. The van der Waals surface area contributed by atoms with Crippen molar-refractivity contribution in [1.29, 1.82) is 0 Å². The average molecular weight is 195 g/mol. The summed E-state index contributed by atoms with van der Waals surface area (Å²) < 4.78 is 0. The van der Waals surface area contributed by atoms with Crippen LogP contribution in [0.2, 0.25) is 0 Å². The Morgan fingerprint density at radius 3 is 2.36 bits per heavy atom. The second-order valence-electron chi connectivity index (χ2n) is 3.22. The van der Waals surface area contributed by atoms with Crippen molar-refractivity contribution in [3.05, 3.63) is 35.9 Å². The van der Waals surface area contributed by atoms with Gasteiger partial charge < -0.3 is 15.9 Å². The number of nitrogens with two attached hydrogens (primary N) is 1. The van der Waals surface area contributed by atoms with E-state index in [2.05, 4.69) is 0 Å². The normalized spacial score (nSPS) is 14.7. The van der Waals surface area contributed by atoms with Crippen molar-refractivity contribution in [3.8, 4) is 0 Å². The van der Waals surface area contributed by atoms with Gasteiger partial charge in [-0.05, 0) is 5.56 Å². The smallest absolute Gasteiger partial charge is 0.252 e. The standard InChI is InChI=1S/C10H13NO3/c11-9(13)10(14,7-12)6-8-4-2-1-3-5-8/h1-5,12,14H,6-7H2,(H2,11,13)/t10-/m0/s1. The van der Waals surface area contributed by atoms with Crippen LogP contribution in [-0.2, 0) is 11.2 Å². The summed E-state index contributed by atoms with van der Waals surface area (Å²) in [4.78, 5) is 10.9. The first-order chi connectivity index (χ1) is 6.58. The van der Waals surface area contributed by atoms with Gasteiger partial charge in [-0.1, -0.05) is 30.3 Å². The summed E-state index contributed by atoms with van der Waals surface area (Å²) in [5.41, 5.74) is 3.87. The van der Waals surface area contributed by atoms with Gasteiger partial charge in [0.1, 0.15) is 0 Å². The highest BCUT2D eigenvalue weighted by atomic mass is 16.3. The average Bonchev–Trinajstić information content (AvgIpc) is 2.19. The molecule has 4 nitrogen and oxygen atoms in total. The van der Waals surface area contributed by atoms with Crippen LogP contribution >= 0.6 is 0 Å². The molecule has 0 unspecified atom stereocenters. The van der Waals surface area contributed by atoms with Crippen molar-refractivity contribution < 1.29 is 15.0 Å². The highest BCUT2D eigenvalue weighted by Crippen LogP contribution is 2.12. The molecule has 0 aliphatic heterocycles. The summed E-state index contributed by atoms with van der Waals surface area (Å²) in [6.07, 6.45) is 0.0275. The number of hydrogen-bond acceptors (Lipinski definition) is 3. The number of amides is 1. The quantitative estimate of drug-likeness (QED) is 0.602. The van der Waals surface area contributed by atoms with Gasteiger partial charge in [-0.3, -0.25) is 4.79 Å². The number of aliphatic hydroxyl groups excluding tert-OH is 1. The van der Waals surface area contributed by atoms with Crippen LogP contribution < -0.4 is 5.73 Å². The Morgan fingerprint density at radius 2 is 1.93 bits per heavy atom. The molecule has 4 N–H and O–H groups in total. The van der Waals surface area contributed by atoms with Gasteiger partial charge in [0.25, 0.3) is 5.91 Å². The fourth-order valence-electron chi connectivity index (χ4n) is 1.15. The Morgan fingerprint density at radius 1 is 1.36 bits per heavy atom. The second kappa shape index (κ2) is 4.21. The number of aliphatic hydroxyl groups is 2. The van der Waals surface area contributed by atoms with E-state index in [9.17, 15) is 9.90 Å². The van der Waals surface area contributed by atoms with Crippen LogP contribution in [0.25, 0.3) is 0 Å². The van der Waals surface area contributed by atoms with Crippen molar-refractivity contribution in [1.82, 2.24) is 0 Å². The van der Waals surface area contributed by atoms with Gasteiger partial charge in [0.15, 0.2) is 5.60 Å². The summed E-state index contributed by atoms with van der Waals surface area (Å²) >= 11 is 0. The number of hydrogen-bond donors (Lipinski definition) is 3. The molecule has 0 fully saturated rings. The van der Waals surface area contributed by atoms with Crippen LogP contribution in [0.1, 0.15) is 5.56 Å². The van der Waals surface area contributed by atoms with E-state index in [1.165, 1.54) is 0 Å². The Labute approximate surface area is 82.0 Å². The van der Waals surface area contributed by atoms with Crippen molar-refractivity contribution in [3.63, 3.8) is 0 Å². The zero-order valence-corrected chi connectivity index (χ0v) is 7.68. The van der Waals surface area contributed by atoms with E-state index in [1.807, 2.05) is 6.07 Å². The van der Waals surface area contributed by atoms with Crippen LogP contribution in [0.4, 0.5) is 0 Å². The predicted octanol–water partition coefficient (Wildman–Crippen LogP) is -0.562. The minimum absolute atomic E-state index is 0.0275. The lowest BCUT2D eigenvalue weighted by atomic mass is 9.95. The van der Waals surface area contributed by atoms with Crippen LogP contribution in [0, 0.1) is 0 Å². The van der Waals surface area contributed by atoms with Gasteiger partial charge in [0, 0.05) is 6.42 Å². The Balaban J connectivity index is 2.81. The van der Waals surface area contributed by atoms with E-state index in [0.29, 0.717) is 0 Å². The molecule has 14 heavy (non-hydrogen) atoms. The van der Waals surface area contributed by atoms with Crippen molar-refractivity contribution >= 4 is 5.91 Å². The number of carbonyl (C=O) groups is 1. The maximum absolute atomic E-state index is 10.9. The Hall–Kier alpha value is -1.39. The van der Waals surface area contributed by atoms with E-state index in [4.69, 9.17) is 10.8 Å². The largest absolute Gasteiger partial charge is 0.393 e. The monoisotopic (exact) mass is 195 g/mol. The molecule has 0 radical (unpaired) electrons. The van der Waals surface area contributed by atoms with Crippen LogP contribution in [-0.4, -0.2) is 28.3 Å². The summed E-state index contributed by atoms with van der Waals surface area (Å²) in [5, 5.41) is 18.5. The number of benzene rings is 1. The molecule has 0 aromatic heterocycles. The molecule has 0 aliphatic rings. The van der Waals surface area contributed by atoms with Gasteiger partial charge >= 0.3 is 0 Å². The van der Waals surface area contributed by atoms with Crippen LogP contribution in [0.3, 0.4) is 0 Å². The minimum atomic E-state index is -1.86. The summed E-state index contributed by atoms with van der Waals surface area (Å²) in [5.74, 6) is -0.913. The van der Waals surface area contributed by atoms with Gasteiger partial charge in [-0.2, -0.15) is 0 Å². The number of primary amides is 1. The zero-order chi connectivity index (χ0) is 10.6. The van der Waals surface area contributed by atoms with Gasteiger partial charge in [-0.25, -0.2) is 0 Å². The molecule has 0 aliphatic carbocycles. The van der Waals surface area contributed by atoms with Crippen LogP contribution in [0.15, 0.2) is 30.3 Å². The molecule has 0 spiro atoms. The Bertz CT molecular complexity index is 312. The van der Waals surface area contributed by atoms with E-state index < -0.39 is 18.1 Å². The van der Waals surface area contributed by atoms with Crippen molar-refractivity contribution in [2.75, 3.05) is 6.61 Å². The summed E-state index contributed by atoms with van der Waals surface area (Å²) in [7, 11) is 0. The fraction of sp³-hybridized carbons (Fsp3) is 0.300. The lowest BCUT2D eigenvalue weighted by molar-refractivity contribution is -0.140. The summed E-state index contributed by atoms with van der Waals surface area (Å²) in [6, 6.07) is 8.90. The molecular weight excluding hydrogens is 182 g/mol. The lowest BCUT2D eigenvalue weighted by Crippen LogP contribution is -2.48. The fourth-order valence-corrected chi connectivity index (χ4v) is 1.15. The van der Waals surface area contributed by atoms with E-state index in [-0.39, 0.29) is 6.42 Å². The number of rotatable bonds is 4. The number of carbonyl (C=O) groups excluding carboxylic acids is 1. The molecule has 1 amide bonds. The van der Waals surface area contributed by atoms with E-state index >= 15 is 0 Å². The SMILES string of the molecule is NC(=O)[C@@](O)(CO)Cc1ccccc1. The zero-order valence-electron chi connectivity index (χ0n) is 7.68. The Kier molecular flexibility index (Phi) is 3.22. The molecule has 1 aromatic rings. The van der Waals surface area contributed by atoms with Gasteiger partial charge in [0.05, 0.1) is 6.61 Å². The molecule has 0 heterocycles. The molecule has 1 aromatic carbocycles. The first kappa shape index (κ1) is 10.7. The first-order valence-electron chi connectivity index (χ1n) is 4.25. The third kappa shape index (κ3) is 2.31. The molecule has 0 saturated carbocycles. The predicted molar refractivity (Wildman–Crippen MR) is 51.4 cm³/mol. The van der Waals surface area contributed by atoms with Crippen molar-refractivity contribution in [2.45, 2.75) is 12.0 Å². The van der Waals surface area contributed by atoms with Crippen LogP contribution in [0.5, 0.6) is 0 Å². The van der Waals surface area contributed by atoms with Gasteiger partial charge in [-0.15, -0.1) is 0 Å². The first-order valence-corrected chi connectivity index (χ1v) is 4.25. The molecular formula is C10H13NO3.